The number of nitrogens with zero attached hydrogens (tertiary/aromatic N) is 1. The predicted molar refractivity (Wildman–Crippen MR) is 84.5 cm³/mol. The lowest BCUT2D eigenvalue weighted by Gasteiger charge is -2.34. The summed E-state index contributed by atoms with van der Waals surface area (Å²) in [5.74, 6) is 0.942. The van der Waals surface area contributed by atoms with E-state index in [2.05, 4.69) is 41.4 Å². The molecule has 1 heterocycles. The maximum absolute atomic E-state index is 5.21. The van der Waals surface area contributed by atoms with Gasteiger partial charge in [0.05, 0.1) is 7.11 Å². The van der Waals surface area contributed by atoms with Crippen LogP contribution in [-0.4, -0.2) is 44.2 Å². The van der Waals surface area contributed by atoms with E-state index in [1.165, 1.54) is 51.0 Å². The van der Waals surface area contributed by atoms with Gasteiger partial charge in [0, 0.05) is 12.6 Å². The van der Waals surface area contributed by atoms with Gasteiger partial charge in [0.1, 0.15) is 5.75 Å². The zero-order valence-corrected chi connectivity index (χ0v) is 12.9. The molecule has 20 heavy (non-hydrogen) atoms. The van der Waals surface area contributed by atoms with Crippen LogP contribution in [0.2, 0.25) is 0 Å². The van der Waals surface area contributed by atoms with Gasteiger partial charge in [-0.05, 0) is 63.0 Å². The van der Waals surface area contributed by atoms with Crippen LogP contribution in [0.5, 0.6) is 5.75 Å². The first-order valence-corrected chi connectivity index (χ1v) is 7.91. The topological polar surface area (TPSA) is 24.5 Å². The molecule has 0 unspecified atom stereocenters. The lowest BCUT2D eigenvalue weighted by molar-refractivity contribution is 0.164. The highest BCUT2D eigenvalue weighted by molar-refractivity contribution is 5.27. The Bertz CT molecular complexity index is 371. The SMILES string of the molecule is CCCN(CCc1ccc(OC)cc1)C1CCNCC1. The number of piperidine rings is 1. The molecule has 1 aromatic rings. The van der Waals surface area contributed by atoms with Crippen molar-refractivity contribution in [2.24, 2.45) is 0 Å². The molecule has 0 radical (unpaired) electrons. The Kier molecular flexibility index (Phi) is 6.34. The van der Waals surface area contributed by atoms with Crippen molar-refractivity contribution in [1.29, 1.82) is 0 Å². The van der Waals surface area contributed by atoms with Crippen LogP contribution in [-0.2, 0) is 6.42 Å². The molecule has 0 saturated carbocycles. The van der Waals surface area contributed by atoms with E-state index in [-0.39, 0.29) is 0 Å². The highest BCUT2D eigenvalue weighted by Crippen LogP contribution is 2.15. The number of rotatable bonds is 7. The summed E-state index contributed by atoms with van der Waals surface area (Å²) in [4.78, 5) is 2.69. The zero-order chi connectivity index (χ0) is 14.2. The van der Waals surface area contributed by atoms with Crippen LogP contribution in [0.25, 0.3) is 0 Å². The Labute approximate surface area is 123 Å². The van der Waals surface area contributed by atoms with Gasteiger partial charge in [-0.15, -0.1) is 0 Å². The highest BCUT2D eigenvalue weighted by atomic mass is 16.5. The molecule has 2 rings (SSSR count). The Morgan fingerprint density at radius 1 is 1.15 bits per heavy atom. The fraction of sp³-hybridized carbons (Fsp3) is 0.647. The van der Waals surface area contributed by atoms with E-state index < -0.39 is 0 Å². The Morgan fingerprint density at radius 2 is 1.85 bits per heavy atom. The molecule has 3 heteroatoms. The largest absolute Gasteiger partial charge is 0.497 e. The summed E-state index contributed by atoms with van der Waals surface area (Å²) in [5, 5.41) is 3.46. The summed E-state index contributed by atoms with van der Waals surface area (Å²) in [6.07, 6.45) is 4.96. The second-order valence-corrected chi connectivity index (χ2v) is 5.62. The molecule has 0 amide bonds. The summed E-state index contributed by atoms with van der Waals surface area (Å²) in [7, 11) is 1.72. The summed E-state index contributed by atoms with van der Waals surface area (Å²) >= 11 is 0. The average Bonchev–Trinajstić information content (AvgIpc) is 2.53. The van der Waals surface area contributed by atoms with Crippen LogP contribution >= 0.6 is 0 Å². The van der Waals surface area contributed by atoms with E-state index in [9.17, 15) is 0 Å². The molecule has 1 aromatic carbocycles. The van der Waals surface area contributed by atoms with Crippen molar-refractivity contribution in [3.8, 4) is 5.75 Å². The van der Waals surface area contributed by atoms with Crippen molar-refractivity contribution >= 4 is 0 Å². The molecule has 1 aliphatic rings. The molecule has 0 spiro atoms. The molecule has 0 bridgehead atoms. The monoisotopic (exact) mass is 276 g/mol. The standard InChI is InChI=1S/C17H28N2O/c1-3-13-19(16-8-11-18-12-9-16)14-10-15-4-6-17(20-2)7-5-15/h4-7,16,18H,3,8-14H2,1-2H3. The van der Waals surface area contributed by atoms with Crippen molar-refractivity contribution < 1.29 is 4.74 Å². The fourth-order valence-electron chi connectivity index (χ4n) is 3.00. The molecule has 3 nitrogen and oxygen atoms in total. The van der Waals surface area contributed by atoms with Crippen molar-refractivity contribution in [3.63, 3.8) is 0 Å². The lowest BCUT2D eigenvalue weighted by Crippen LogP contribution is -2.44. The summed E-state index contributed by atoms with van der Waals surface area (Å²) in [6.45, 7) is 7.02. The van der Waals surface area contributed by atoms with Crippen molar-refractivity contribution in [1.82, 2.24) is 10.2 Å². The lowest BCUT2D eigenvalue weighted by atomic mass is 10.0. The molecule has 1 saturated heterocycles. The van der Waals surface area contributed by atoms with Crippen LogP contribution in [0.4, 0.5) is 0 Å². The minimum atomic E-state index is 0.773. The molecular weight excluding hydrogens is 248 g/mol. The molecule has 1 N–H and O–H groups in total. The van der Waals surface area contributed by atoms with Gasteiger partial charge < -0.3 is 10.1 Å². The first-order chi connectivity index (χ1) is 9.83. The number of methoxy groups -OCH3 is 1. The second kappa shape index (κ2) is 8.28. The van der Waals surface area contributed by atoms with Crippen LogP contribution < -0.4 is 10.1 Å². The smallest absolute Gasteiger partial charge is 0.118 e. The number of benzene rings is 1. The van der Waals surface area contributed by atoms with Gasteiger partial charge in [-0.3, -0.25) is 4.90 Å². The third kappa shape index (κ3) is 4.50. The van der Waals surface area contributed by atoms with Crippen LogP contribution in [0.1, 0.15) is 31.7 Å². The van der Waals surface area contributed by atoms with Crippen LogP contribution in [0.3, 0.4) is 0 Å². The number of hydrogen-bond donors (Lipinski definition) is 1. The molecule has 0 atom stereocenters. The normalized spacial score (nSPS) is 16.6. The van der Waals surface area contributed by atoms with Crippen LogP contribution in [0, 0.1) is 0 Å². The molecule has 112 valence electrons. The van der Waals surface area contributed by atoms with E-state index in [0.717, 1.165) is 18.2 Å². The zero-order valence-electron chi connectivity index (χ0n) is 12.9. The Morgan fingerprint density at radius 3 is 2.45 bits per heavy atom. The van der Waals surface area contributed by atoms with Crippen molar-refractivity contribution in [3.05, 3.63) is 29.8 Å². The highest BCUT2D eigenvalue weighted by Gasteiger charge is 2.19. The molecule has 1 aliphatic heterocycles. The number of ether oxygens (including phenoxy) is 1. The average molecular weight is 276 g/mol. The van der Waals surface area contributed by atoms with E-state index in [4.69, 9.17) is 4.74 Å². The molecule has 1 fully saturated rings. The van der Waals surface area contributed by atoms with Gasteiger partial charge in [0.25, 0.3) is 0 Å². The van der Waals surface area contributed by atoms with Gasteiger partial charge in [-0.1, -0.05) is 19.1 Å². The van der Waals surface area contributed by atoms with Gasteiger partial charge in [-0.25, -0.2) is 0 Å². The van der Waals surface area contributed by atoms with Gasteiger partial charge >= 0.3 is 0 Å². The molecular formula is C17H28N2O. The summed E-state index contributed by atoms with van der Waals surface area (Å²) < 4.78 is 5.21. The third-order valence-corrected chi connectivity index (χ3v) is 4.18. The Balaban J connectivity index is 1.86. The second-order valence-electron chi connectivity index (χ2n) is 5.62. The molecule has 0 aliphatic carbocycles. The van der Waals surface area contributed by atoms with Crippen LogP contribution in [0.15, 0.2) is 24.3 Å². The summed E-state index contributed by atoms with van der Waals surface area (Å²) in [5.41, 5.74) is 1.40. The summed E-state index contributed by atoms with van der Waals surface area (Å²) in [6, 6.07) is 9.26. The maximum atomic E-state index is 5.21. The first kappa shape index (κ1) is 15.3. The third-order valence-electron chi connectivity index (χ3n) is 4.18. The first-order valence-electron chi connectivity index (χ1n) is 7.91. The van der Waals surface area contributed by atoms with Gasteiger partial charge in [-0.2, -0.15) is 0 Å². The van der Waals surface area contributed by atoms with E-state index >= 15 is 0 Å². The van der Waals surface area contributed by atoms with E-state index in [1.807, 2.05) is 0 Å². The fourth-order valence-corrected chi connectivity index (χ4v) is 3.00. The minimum Gasteiger partial charge on any atom is -0.497 e. The van der Waals surface area contributed by atoms with Gasteiger partial charge in [0.2, 0.25) is 0 Å². The Hall–Kier alpha value is -1.06. The van der Waals surface area contributed by atoms with Crippen molar-refractivity contribution in [2.75, 3.05) is 33.3 Å². The van der Waals surface area contributed by atoms with Gasteiger partial charge in [0.15, 0.2) is 0 Å². The van der Waals surface area contributed by atoms with Crippen molar-refractivity contribution in [2.45, 2.75) is 38.6 Å². The van der Waals surface area contributed by atoms with E-state index in [1.54, 1.807) is 7.11 Å². The minimum absolute atomic E-state index is 0.773. The quantitative estimate of drug-likeness (QED) is 0.828. The van der Waals surface area contributed by atoms with E-state index in [0.29, 0.717) is 0 Å². The predicted octanol–water partition coefficient (Wildman–Crippen LogP) is 2.70. The number of hydrogen-bond acceptors (Lipinski definition) is 3. The number of nitrogens with one attached hydrogen (secondary N) is 1. The molecule has 0 aromatic heterocycles. The maximum Gasteiger partial charge on any atom is 0.118 e.